The molecule has 2 aromatic rings. The Morgan fingerprint density at radius 3 is 2.00 bits per heavy atom. The molecule has 0 saturated heterocycles. The molecule has 10 heteroatoms. The summed E-state index contributed by atoms with van der Waals surface area (Å²) in [7, 11) is 2.20. The number of sulfonamides is 1. The van der Waals surface area contributed by atoms with Crippen molar-refractivity contribution in [3.63, 3.8) is 0 Å². The maximum absolute atomic E-state index is 12.5. The lowest BCUT2D eigenvalue weighted by molar-refractivity contribution is -0.119. The first-order chi connectivity index (χ1) is 14.2. The van der Waals surface area contributed by atoms with Crippen LogP contribution in [0.25, 0.3) is 0 Å². The average molecular weight is 439 g/mol. The summed E-state index contributed by atoms with van der Waals surface area (Å²) in [6, 6.07) is 10.00. The van der Waals surface area contributed by atoms with Crippen molar-refractivity contribution in [2.75, 3.05) is 45.5 Å². The molecule has 1 N–H and O–H groups in total. The molecule has 0 aliphatic rings. The van der Waals surface area contributed by atoms with Crippen molar-refractivity contribution in [3.05, 3.63) is 42.0 Å². The summed E-state index contributed by atoms with van der Waals surface area (Å²) in [4.78, 5) is 12.5. The van der Waals surface area contributed by atoms with Crippen molar-refractivity contribution in [1.82, 2.24) is 5.32 Å². The van der Waals surface area contributed by atoms with E-state index in [0.717, 1.165) is 10.6 Å². The fourth-order valence-corrected chi connectivity index (χ4v) is 3.70. The fourth-order valence-electron chi connectivity index (χ4n) is 2.84. The second-order valence-electron chi connectivity index (χ2n) is 6.25. The molecule has 2 aromatic carbocycles. The van der Waals surface area contributed by atoms with Crippen LogP contribution in [0, 0.1) is 0 Å². The van der Waals surface area contributed by atoms with Crippen molar-refractivity contribution < 1.29 is 32.2 Å². The van der Waals surface area contributed by atoms with Crippen LogP contribution < -0.4 is 28.6 Å². The van der Waals surface area contributed by atoms with Crippen LogP contribution in [-0.2, 0) is 21.4 Å². The van der Waals surface area contributed by atoms with Crippen LogP contribution in [-0.4, -0.2) is 55.6 Å². The summed E-state index contributed by atoms with van der Waals surface area (Å²) in [5.41, 5.74) is 0.978. The Labute approximate surface area is 176 Å². The highest BCUT2D eigenvalue weighted by Crippen LogP contribution is 2.38. The number of hydrogen-bond donors (Lipinski definition) is 1. The summed E-state index contributed by atoms with van der Waals surface area (Å²) < 4.78 is 46.7. The van der Waals surface area contributed by atoms with Gasteiger partial charge in [0.2, 0.25) is 21.7 Å². The largest absolute Gasteiger partial charge is 0.495 e. The van der Waals surface area contributed by atoms with E-state index in [1.54, 1.807) is 36.4 Å². The zero-order valence-corrected chi connectivity index (χ0v) is 18.4. The van der Waals surface area contributed by atoms with Gasteiger partial charge in [0, 0.05) is 6.54 Å². The number of amides is 1. The van der Waals surface area contributed by atoms with Crippen molar-refractivity contribution in [3.8, 4) is 23.0 Å². The van der Waals surface area contributed by atoms with Crippen LogP contribution in [0.15, 0.2) is 36.4 Å². The maximum atomic E-state index is 12.5. The summed E-state index contributed by atoms with van der Waals surface area (Å²) in [6.07, 6.45) is 1.03. The molecule has 30 heavy (non-hydrogen) atoms. The van der Waals surface area contributed by atoms with Gasteiger partial charge in [-0.2, -0.15) is 0 Å². The SMILES string of the molecule is COc1ccccc1N(CC(=O)NCc1cc(OC)c(OC)c(OC)c1)S(C)(=O)=O. The minimum atomic E-state index is -3.72. The molecule has 0 aliphatic carbocycles. The number of ether oxygens (including phenoxy) is 4. The zero-order valence-electron chi connectivity index (χ0n) is 17.6. The third-order valence-corrected chi connectivity index (χ3v) is 5.38. The Hall–Kier alpha value is -3.14. The van der Waals surface area contributed by atoms with Crippen molar-refractivity contribution in [2.24, 2.45) is 0 Å². The molecule has 0 fully saturated rings. The quantitative estimate of drug-likeness (QED) is 0.603. The number of methoxy groups -OCH3 is 4. The predicted octanol–water partition coefficient (Wildman–Crippen LogP) is 1.80. The van der Waals surface area contributed by atoms with Crippen LogP contribution >= 0.6 is 0 Å². The van der Waals surface area contributed by atoms with Gasteiger partial charge in [0.05, 0.1) is 40.4 Å². The molecule has 0 heterocycles. The summed E-state index contributed by atoms with van der Waals surface area (Å²) in [5, 5.41) is 2.71. The number of carbonyl (C=O) groups excluding carboxylic acids is 1. The topological polar surface area (TPSA) is 103 Å². The molecule has 0 spiro atoms. The van der Waals surface area contributed by atoms with Crippen LogP contribution in [0.5, 0.6) is 23.0 Å². The maximum Gasteiger partial charge on any atom is 0.241 e. The number of para-hydroxylation sites is 2. The summed E-state index contributed by atoms with van der Waals surface area (Å²) >= 11 is 0. The van der Waals surface area contributed by atoms with Gasteiger partial charge in [-0.3, -0.25) is 9.10 Å². The van der Waals surface area contributed by atoms with Gasteiger partial charge in [-0.05, 0) is 29.8 Å². The molecule has 0 radical (unpaired) electrons. The Bertz CT molecular complexity index is 967. The monoisotopic (exact) mass is 438 g/mol. The van der Waals surface area contributed by atoms with E-state index in [1.807, 2.05) is 0 Å². The van der Waals surface area contributed by atoms with Crippen LogP contribution in [0.3, 0.4) is 0 Å². The Morgan fingerprint density at radius 1 is 0.933 bits per heavy atom. The second-order valence-corrected chi connectivity index (χ2v) is 8.16. The fraction of sp³-hybridized carbons (Fsp3) is 0.350. The van der Waals surface area contributed by atoms with Crippen LogP contribution in [0.2, 0.25) is 0 Å². The normalized spacial score (nSPS) is 10.8. The Balaban J connectivity index is 2.19. The van der Waals surface area contributed by atoms with Crippen LogP contribution in [0.4, 0.5) is 5.69 Å². The highest BCUT2D eigenvalue weighted by molar-refractivity contribution is 7.92. The molecule has 0 saturated carbocycles. The number of nitrogens with one attached hydrogen (secondary N) is 1. The standard InChI is InChI=1S/C20H26N2O7S/c1-26-16-9-7-6-8-15(16)22(30(5,24)25)13-19(23)21-12-14-10-17(27-2)20(29-4)18(11-14)28-3/h6-11H,12-13H2,1-5H3,(H,21,23). The lowest BCUT2D eigenvalue weighted by Crippen LogP contribution is -2.40. The lowest BCUT2D eigenvalue weighted by atomic mass is 10.1. The number of carbonyl (C=O) groups is 1. The van der Waals surface area contributed by atoms with Gasteiger partial charge in [-0.1, -0.05) is 12.1 Å². The van der Waals surface area contributed by atoms with Crippen molar-refractivity contribution >= 4 is 21.6 Å². The van der Waals surface area contributed by atoms with Gasteiger partial charge in [0.25, 0.3) is 0 Å². The highest BCUT2D eigenvalue weighted by atomic mass is 32.2. The van der Waals surface area contributed by atoms with E-state index >= 15 is 0 Å². The molecular formula is C20H26N2O7S. The Kier molecular flexibility index (Phi) is 7.76. The van der Waals surface area contributed by atoms with E-state index in [0.29, 0.717) is 28.6 Å². The van der Waals surface area contributed by atoms with Gasteiger partial charge in [-0.25, -0.2) is 8.42 Å². The average Bonchev–Trinajstić information content (AvgIpc) is 2.74. The van der Waals surface area contributed by atoms with Crippen molar-refractivity contribution in [2.45, 2.75) is 6.54 Å². The molecule has 0 unspecified atom stereocenters. The number of anilines is 1. The van der Waals surface area contributed by atoms with Gasteiger partial charge in [-0.15, -0.1) is 0 Å². The minimum absolute atomic E-state index is 0.138. The van der Waals surface area contributed by atoms with Gasteiger partial charge < -0.3 is 24.3 Å². The van der Waals surface area contributed by atoms with Gasteiger partial charge in [0.15, 0.2) is 11.5 Å². The van der Waals surface area contributed by atoms with E-state index < -0.39 is 22.5 Å². The predicted molar refractivity (Wildman–Crippen MR) is 113 cm³/mol. The van der Waals surface area contributed by atoms with E-state index in [9.17, 15) is 13.2 Å². The van der Waals surface area contributed by atoms with E-state index in [1.165, 1.54) is 28.4 Å². The van der Waals surface area contributed by atoms with E-state index in [2.05, 4.69) is 5.32 Å². The molecule has 9 nitrogen and oxygen atoms in total. The molecule has 164 valence electrons. The Morgan fingerprint density at radius 2 is 1.50 bits per heavy atom. The van der Waals surface area contributed by atoms with Crippen LogP contribution in [0.1, 0.15) is 5.56 Å². The first-order valence-corrected chi connectivity index (χ1v) is 10.8. The second kappa shape index (κ2) is 10.1. The molecule has 2 rings (SSSR count). The summed E-state index contributed by atoms with van der Waals surface area (Å²) in [5.74, 6) is 1.20. The van der Waals surface area contributed by atoms with E-state index in [4.69, 9.17) is 18.9 Å². The number of hydrogen-bond acceptors (Lipinski definition) is 7. The smallest absolute Gasteiger partial charge is 0.241 e. The number of nitrogens with zero attached hydrogens (tertiary/aromatic N) is 1. The highest BCUT2D eigenvalue weighted by Gasteiger charge is 2.23. The molecule has 1 amide bonds. The first-order valence-electron chi connectivity index (χ1n) is 8.91. The first kappa shape index (κ1) is 23.1. The lowest BCUT2D eigenvalue weighted by Gasteiger charge is -2.23. The third-order valence-electron chi connectivity index (χ3n) is 4.26. The molecule has 0 aromatic heterocycles. The van der Waals surface area contributed by atoms with Gasteiger partial charge >= 0.3 is 0 Å². The van der Waals surface area contributed by atoms with E-state index in [-0.39, 0.29) is 12.2 Å². The van der Waals surface area contributed by atoms with Gasteiger partial charge in [0.1, 0.15) is 12.3 Å². The zero-order chi connectivity index (χ0) is 22.3. The molecule has 0 aliphatic heterocycles. The minimum Gasteiger partial charge on any atom is -0.495 e. The number of benzene rings is 2. The molecule has 0 bridgehead atoms. The third kappa shape index (κ3) is 5.47. The molecule has 0 atom stereocenters. The summed E-state index contributed by atoms with van der Waals surface area (Å²) in [6.45, 7) is -0.261. The van der Waals surface area contributed by atoms with Crippen molar-refractivity contribution in [1.29, 1.82) is 0 Å². The number of rotatable bonds is 10. The molecular weight excluding hydrogens is 412 g/mol.